The van der Waals surface area contributed by atoms with E-state index in [1.165, 1.54) is 5.56 Å². The van der Waals surface area contributed by atoms with Gasteiger partial charge in [0.25, 0.3) is 0 Å². The van der Waals surface area contributed by atoms with Gasteiger partial charge in [-0.2, -0.15) is 0 Å². The van der Waals surface area contributed by atoms with Crippen LogP contribution in [0.1, 0.15) is 50.2 Å². The van der Waals surface area contributed by atoms with Crippen LogP contribution < -0.4 is 0 Å². The molecular formula is C16H21N3O. The average molecular weight is 271 g/mol. The van der Waals surface area contributed by atoms with E-state index in [1.54, 1.807) is 4.68 Å². The van der Waals surface area contributed by atoms with Gasteiger partial charge in [-0.3, -0.25) is 4.79 Å². The maximum absolute atomic E-state index is 11.1. The Balaban J connectivity index is 2.45. The highest BCUT2D eigenvalue weighted by Crippen LogP contribution is 2.27. The highest BCUT2D eigenvalue weighted by Gasteiger charge is 2.16. The SMILES string of the molecule is CCCn1nnc(C=O)c1-c1ccc(C(C)(C)C)cc1. The summed E-state index contributed by atoms with van der Waals surface area (Å²) in [5, 5.41) is 8.01. The summed E-state index contributed by atoms with van der Waals surface area (Å²) in [5.74, 6) is 0. The lowest BCUT2D eigenvalue weighted by atomic mass is 9.86. The van der Waals surface area contributed by atoms with Crippen LogP contribution in [-0.2, 0) is 12.0 Å². The average Bonchev–Trinajstić information content (AvgIpc) is 2.81. The summed E-state index contributed by atoms with van der Waals surface area (Å²) in [7, 11) is 0. The molecule has 0 fully saturated rings. The summed E-state index contributed by atoms with van der Waals surface area (Å²) in [6.07, 6.45) is 1.72. The van der Waals surface area contributed by atoms with E-state index in [-0.39, 0.29) is 5.41 Å². The van der Waals surface area contributed by atoms with E-state index in [4.69, 9.17) is 0 Å². The van der Waals surface area contributed by atoms with E-state index in [9.17, 15) is 4.79 Å². The summed E-state index contributed by atoms with van der Waals surface area (Å²) in [5.41, 5.74) is 3.58. The van der Waals surface area contributed by atoms with E-state index >= 15 is 0 Å². The minimum Gasteiger partial charge on any atom is -0.296 e. The van der Waals surface area contributed by atoms with Crippen LogP contribution >= 0.6 is 0 Å². The smallest absolute Gasteiger partial charge is 0.172 e. The Morgan fingerprint density at radius 1 is 1.20 bits per heavy atom. The number of hydrogen-bond donors (Lipinski definition) is 0. The molecule has 2 rings (SSSR count). The maximum atomic E-state index is 11.1. The van der Waals surface area contributed by atoms with Crippen LogP contribution in [0.25, 0.3) is 11.3 Å². The van der Waals surface area contributed by atoms with Gasteiger partial charge in [0.15, 0.2) is 12.0 Å². The Morgan fingerprint density at radius 3 is 2.35 bits per heavy atom. The summed E-state index contributed by atoms with van der Waals surface area (Å²) < 4.78 is 1.80. The summed E-state index contributed by atoms with van der Waals surface area (Å²) in [4.78, 5) is 11.1. The van der Waals surface area contributed by atoms with Crippen molar-refractivity contribution in [1.82, 2.24) is 15.0 Å². The Kier molecular flexibility index (Phi) is 4.02. The second-order valence-corrected chi connectivity index (χ2v) is 5.99. The quantitative estimate of drug-likeness (QED) is 0.800. The number of benzene rings is 1. The van der Waals surface area contributed by atoms with Gasteiger partial charge in [-0.15, -0.1) is 5.10 Å². The van der Waals surface area contributed by atoms with Crippen LogP contribution in [0.3, 0.4) is 0 Å². The van der Waals surface area contributed by atoms with Crippen molar-refractivity contribution in [3.05, 3.63) is 35.5 Å². The molecule has 0 amide bonds. The zero-order valence-corrected chi connectivity index (χ0v) is 12.6. The fourth-order valence-corrected chi connectivity index (χ4v) is 2.20. The van der Waals surface area contributed by atoms with Gasteiger partial charge in [-0.1, -0.05) is 57.2 Å². The predicted octanol–water partition coefficient (Wildman–Crippen LogP) is 3.47. The molecule has 4 heteroatoms. The van der Waals surface area contributed by atoms with E-state index < -0.39 is 0 Å². The molecule has 20 heavy (non-hydrogen) atoms. The van der Waals surface area contributed by atoms with Gasteiger partial charge in [0.05, 0.1) is 5.69 Å². The lowest BCUT2D eigenvalue weighted by Crippen LogP contribution is -2.10. The summed E-state index contributed by atoms with van der Waals surface area (Å²) >= 11 is 0. The van der Waals surface area contributed by atoms with Crippen molar-refractivity contribution < 1.29 is 4.79 Å². The molecular weight excluding hydrogens is 250 g/mol. The first-order valence-corrected chi connectivity index (χ1v) is 6.97. The summed E-state index contributed by atoms with van der Waals surface area (Å²) in [6.45, 7) is 9.39. The molecule has 0 saturated carbocycles. The van der Waals surface area contributed by atoms with Gasteiger partial charge in [-0.25, -0.2) is 4.68 Å². The molecule has 0 atom stereocenters. The first-order chi connectivity index (χ1) is 9.47. The van der Waals surface area contributed by atoms with E-state index in [0.29, 0.717) is 5.69 Å². The van der Waals surface area contributed by atoms with E-state index in [0.717, 1.165) is 30.5 Å². The van der Waals surface area contributed by atoms with Crippen molar-refractivity contribution in [3.8, 4) is 11.3 Å². The Morgan fingerprint density at radius 2 is 1.85 bits per heavy atom. The normalized spacial score (nSPS) is 11.6. The highest BCUT2D eigenvalue weighted by atomic mass is 16.1. The predicted molar refractivity (Wildman–Crippen MR) is 79.8 cm³/mol. The van der Waals surface area contributed by atoms with Crippen molar-refractivity contribution in [2.24, 2.45) is 0 Å². The maximum Gasteiger partial charge on any atom is 0.172 e. The standard InChI is InChI=1S/C16H21N3O/c1-5-10-19-15(14(11-20)17-18-19)12-6-8-13(9-7-12)16(2,3)4/h6-9,11H,5,10H2,1-4H3. The molecule has 0 bridgehead atoms. The first-order valence-electron chi connectivity index (χ1n) is 6.97. The molecule has 0 N–H and O–H groups in total. The Bertz CT molecular complexity index is 591. The molecule has 1 aromatic heterocycles. The highest BCUT2D eigenvalue weighted by molar-refractivity contribution is 5.83. The monoisotopic (exact) mass is 271 g/mol. The number of aldehydes is 1. The molecule has 0 unspecified atom stereocenters. The van der Waals surface area contributed by atoms with Crippen molar-refractivity contribution in [2.45, 2.75) is 46.1 Å². The van der Waals surface area contributed by atoms with Crippen LogP contribution in [0.5, 0.6) is 0 Å². The Labute approximate surface area is 119 Å². The van der Waals surface area contributed by atoms with Gasteiger partial charge < -0.3 is 0 Å². The zero-order valence-electron chi connectivity index (χ0n) is 12.6. The molecule has 1 heterocycles. The second-order valence-electron chi connectivity index (χ2n) is 5.99. The molecule has 0 aliphatic carbocycles. The minimum absolute atomic E-state index is 0.119. The topological polar surface area (TPSA) is 47.8 Å². The Hall–Kier alpha value is -1.97. The largest absolute Gasteiger partial charge is 0.296 e. The number of nitrogens with zero attached hydrogens (tertiary/aromatic N) is 3. The van der Waals surface area contributed by atoms with Crippen LogP contribution in [0.4, 0.5) is 0 Å². The molecule has 4 nitrogen and oxygen atoms in total. The number of hydrogen-bond acceptors (Lipinski definition) is 3. The number of aryl methyl sites for hydroxylation is 1. The number of carbonyl (C=O) groups is 1. The van der Waals surface area contributed by atoms with Gasteiger partial charge in [-0.05, 0) is 17.4 Å². The molecule has 0 spiro atoms. The van der Waals surface area contributed by atoms with Crippen molar-refractivity contribution in [1.29, 1.82) is 0 Å². The lowest BCUT2D eigenvalue weighted by molar-refractivity contribution is 0.111. The van der Waals surface area contributed by atoms with Crippen molar-refractivity contribution in [3.63, 3.8) is 0 Å². The van der Waals surface area contributed by atoms with Gasteiger partial charge >= 0.3 is 0 Å². The first kappa shape index (κ1) is 14.4. The molecule has 1 aromatic carbocycles. The van der Waals surface area contributed by atoms with Crippen LogP contribution in [0.2, 0.25) is 0 Å². The van der Waals surface area contributed by atoms with E-state index in [1.807, 2.05) is 12.1 Å². The van der Waals surface area contributed by atoms with Crippen LogP contribution in [0, 0.1) is 0 Å². The third-order valence-electron chi connectivity index (χ3n) is 3.33. The molecule has 2 aromatic rings. The van der Waals surface area contributed by atoms with Gasteiger partial charge in [0.2, 0.25) is 0 Å². The van der Waals surface area contributed by atoms with Crippen LogP contribution in [-0.4, -0.2) is 21.3 Å². The second kappa shape index (κ2) is 5.57. The van der Waals surface area contributed by atoms with Gasteiger partial charge in [0.1, 0.15) is 0 Å². The fourth-order valence-electron chi connectivity index (χ4n) is 2.20. The summed E-state index contributed by atoms with van der Waals surface area (Å²) in [6, 6.07) is 8.29. The third-order valence-corrected chi connectivity index (χ3v) is 3.33. The molecule has 0 radical (unpaired) electrons. The number of aromatic nitrogens is 3. The molecule has 0 saturated heterocycles. The fraction of sp³-hybridized carbons (Fsp3) is 0.438. The van der Waals surface area contributed by atoms with E-state index in [2.05, 4.69) is 50.1 Å². The molecule has 106 valence electrons. The zero-order chi connectivity index (χ0) is 14.8. The third kappa shape index (κ3) is 2.79. The molecule has 0 aliphatic rings. The number of carbonyl (C=O) groups excluding carboxylic acids is 1. The van der Waals surface area contributed by atoms with Crippen LogP contribution in [0.15, 0.2) is 24.3 Å². The van der Waals surface area contributed by atoms with Crippen molar-refractivity contribution in [2.75, 3.05) is 0 Å². The lowest BCUT2D eigenvalue weighted by Gasteiger charge is -2.19. The van der Waals surface area contributed by atoms with Crippen molar-refractivity contribution >= 4 is 6.29 Å². The molecule has 0 aliphatic heterocycles. The number of rotatable bonds is 4. The van der Waals surface area contributed by atoms with Gasteiger partial charge in [0, 0.05) is 12.1 Å². The minimum atomic E-state index is 0.119.